The predicted molar refractivity (Wildman–Crippen MR) is 102 cm³/mol. The van der Waals surface area contributed by atoms with Crippen LogP contribution in [0.5, 0.6) is 0 Å². The van der Waals surface area contributed by atoms with Crippen molar-refractivity contribution in [2.75, 3.05) is 33.4 Å². The van der Waals surface area contributed by atoms with E-state index in [1.54, 1.807) is 18.0 Å². The van der Waals surface area contributed by atoms with E-state index in [4.69, 9.17) is 10.5 Å². The van der Waals surface area contributed by atoms with E-state index in [0.717, 1.165) is 5.56 Å². The van der Waals surface area contributed by atoms with Crippen molar-refractivity contribution >= 4 is 22.4 Å². The predicted octanol–water partition coefficient (Wildman–Crippen LogP) is 1.31. The number of nitrogens with two attached hydrogens (primary N) is 1. The van der Waals surface area contributed by atoms with Crippen molar-refractivity contribution in [3.05, 3.63) is 48.3 Å². The van der Waals surface area contributed by atoms with Gasteiger partial charge in [-0.3, -0.25) is 4.68 Å². The zero-order chi connectivity index (χ0) is 17.9. The summed E-state index contributed by atoms with van der Waals surface area (Å²) in [6, 6.07) is 9.97. The molecule has 2 atom stereocenters. The molecule has 2 aromatic rings. The van der Waals surface area contributed by atoms with Gasteiger partial charge in [-0.1, -0.05) is 30.3 Å². The second kappa shape index (κ2) is 8.96. The van der Waals surface area contributed by atoms with Gasteiger partial charge < -0.3 is 10.5 Å². The molecule has 0 aliphatic carbocycles. The highest BCUT2D eigenvalue weighted by Gasteiger charge is 2.39. The van der Waals surface area contributed by atoms with Crippen LogP contribution in [0.15, 0.2) is 47.6 Å². The molecule has 1 aromatic heterocycles. The first kappa shape index (κ1) is 20.9. The van der Waals surface area contributed by atoms with E-state index in [9.17, 15) is 8.42 Å². The Kier molecular flexibility index (Phi) is 7.19. The number of ether oxygens (including phenoxy) is 1. The Balaban J connectivity index is 0.00000243. The first-order valence-electron chi connectivity index (χ1n) is 8.33. The standard InChI is InChI=1S/C17H24N4O3S.ClH/c1-24-8-7-20-12-16(10-19-20)25(22,23)21-11-15(9-18)17(13-21)14-5-3-2-4-6-14;/h2-6,10,12,15,17H,7-9,11,13,18H2,1H3;1H/t15-,17+;/m1./s1. The summed E-state index contributed by atoms with van der Waals surface area (Å²) in [5.41, 5.74) is 7.04. The van der Waals surface area contributed by atoms with E-state index in [1.807, 2.05) is 30.3 Å². The van der Waals surface area contributed by atoms with Gasteiger partial charge in [0, 0.05) is 32.3 Å². The lowest BCUT2D eigenvalue weighted by molar-refractivity contribution is 0.183. The molecular formula is C17H25ClN4O3S. The molecule has 144 valence electrons. The summed E-state index contributed by atoms with van der Waals surface area (Å²) in [5, 5.41) is 4.11. The van der Waals surface area contributed by atoms with Crippen LogP contribution in [-0.2, 0) is 21.3 Å². The highest BCUT2D eigenvalue weighted by atomic mass is 35.5. The van der Waals surface area contributed by atoms with E-state index < -0.39 is 10.0 Å². The summed E-state index contributed by atoms with van der Waals surface area (Å²) < 4.78 is 34.0. The van der Waals surface area contributed by atoms with Crippen molar-refractivity contribution in [1.82, 2.24) is 14.1 Å². The van der Waals surface area contributed by atoms with Crippen molar-refractivity contribution in [1.29, 1.82) is 0 Å². The molecule has 1 aliphatic rings. The maximum Gasteiger partial charge on any atom is 0.246 e. The lowest BCUT2D eigenvalue weighted by atomic mass is 9.89. The molecule has 0 unspecified atom stereocenters. The van der Waals surface area contributed by atoms with E-state index in [2.05, 4.69) is 5.10 Å². The van der Waals surface area contributed by atoms with Gasteiger partial charge in [0.25, 0.3) is 0 Å². The third kappa shape index (κ3) is 4.27. The minimum Gasteiger partial charge on any atom is -0.383 e. The van der Waals surface area contributed by atoms with Gasteiger partial charge in [0.2, 0.25) is 10.0 Å². The molecule has 1 saturated heterocycles. The fourth-order valence-electron chi connectivity index (χ4n) is 3.28. The van der Waals surface area contributed by atoms with Crippen LogP contribution in [0, 0.1) is 5.92 Å². The van der Waals surface area contributed by atoms with Crippen molar-refractivity contribution in [3.8, 4) is 0 Å². The van der Waals surface area contributed by atoms with E-state index in [0.29, 0.717) is 32.8 Å². The summed E-state index contributed by atoms with van der Waals surface area (Å²) >= 11 is 0. The molecule has 0 amide bonds. The number of aromatic nitrogens is 2. The second-order valence-corrected chi connectivity index (χ2v) is 8.20. The fraction of sp³-hybridized carbons (Fsp3) is 0.471. The number of benzene rings is 1. The molecule has 1 aromatic carbocycles. The molecule has 2 N–H and O–H groups in total. The Morgan fingerprint density at radius 2 is 2.00 bits per heavy atom. The van der Waals surface area contributed by atoms with Gasteiger partial charge >= 0.3 is 0 Å². The number of halogens is 1. The number of sulfonamides is 1. The highest BCUT2D eigenvalue weighted by Crippen LogP contribution is 2.35. The Morgan fingerprint density at radius 3 is 2.65 bits per heavy atom. The second-order valence-electron chi connectivity index (χ2n) is 6.27. The molecule has 3 rings (SSSR count). The summed E-state index contributed by atoms with van der Waals surface area (Å²) in [7, 11) is -1.97. The van der Waals surface area contributed by atoms with Gasteiger partial charge in [0.15, 0.2) is 0 Å². The zero-order valence-electron chi connectivity index (χ0n) is 14.7. The van der Waals surface area contributed by atoms with Gasteiger partial charge in [0.1, 0.15) is 4.90 Å². The Hall–Kier alpha value is -1.45. The normalized spacial score (nSPS) is 20.8. The monoisotopic (exact) mass is 400 g/mol. The van der Waals surface area contributed by atoms with Crippen LogP contribution in [0.3, 0.4) is 0 Å². The van der Waals surface area contributed by atoms with Crippen molar-refractivity contribution in [2.24, 2.45) is 11.7 Å². The van der Waals surface area contributed by atoms with Crippen molar-refractivity contribution in [2.45, 2.75) is 17.4 Å². The zero-order valence-corrected chi connectivity index (χ0v) is 16.3. The number of rotatable bonds is 7. The highest BCUT2D eigenvalue weighted by molar-refractivity contribution is 7.89. The Labute approximate surface area is 160 Å². The molecular weight excluding hydrogens is 376 g/mol. The van der Waals surface area contributed by atoms with E-state index >= 15 is 0 Å². The van der Waals surface area contributed by atoms with E-state index in [1.165, 1.54) is 10.5 Å². The lowest BCUT2D eigenvalue weighted by Crippen LogP contribution is -2.29. The molecule has 9 heteroatoms. The smallest absolute Gasteiger partial charge is 0.246 e. The van der Waals surface area contributed by atoms with Gasteiger partial charge in [-0.15, -0.1) is 12.4 Å². The van der Waals surface area contributed by atoms with Crippen LogP contribution in [0.1, 0.15) is 11.5 Å². The maximum atomic E-state index is 13.0. The minimum atomic E-state index is -3.57. The molecule has 26 heavy (non-hydrogen) atoms. The molecule has 0 bridgehead atoms. The number of methoxy groups -OCH3 is 1. The quantitative estimate of drug-likeness (QED) is 0.756. The molecule has 0 radical (unpaired) electrons. The number of hydrogen-bond donors (Lipinski definition) is 1. The molecule has 0 spiro atoms. The number of nitrogens with zero attached hydrogens (tertiary/aromatic N) is 3. The molecule has 1 aliphatic heterocycles. The SMILES string of the molecule is COCCn1cc(S(=O)(=O)N2C[C@@H](CN)[C@H](c3ccccc3)C2)cn1.Cl. The Bertz CT molecular complexity index is 797. The minimum absolute atomic E-state index is 0. The van der Waals surface area contributed by atoms with Crippen LogP contribution < -0.4 is 5.73 Å². The summed E-state index contributed by atoms with van der Waals surface area (Å²) in [4.78, 5) is 0.216. The summed E-state index contributed by atoms with van der Waals surface area (Å²) in [5.74, 6) is 0.227. The van der Waals surface area contributed by atoms with Crippen LogP contribution in [-0.4, -0.2) is 55.9 Å². The average Bonchev–Trinajstić information content (AvgIpc) is 3.28. The lowest BCUT2D eigenvalue weighted by Gasteiger charge is -2.16. The van der Waals surface area contributed by atoms with Crippen LogP contribution >= 0.6 is 12.4 Å². The fourth-order valence-corrected chi connectivity index (χ4v) is 4.76. The summed E-state index contributed by atoms with van der Waals surface area (Å²) in [6.07, 6.45) is 2.96. The van der Waals surface area contributed by atoms with Crippen molar-refractivity contribution < 1.29 is 13.2 Å². The molecule has 0 saturated carbocycles. The molecule has 2 heterocycles. The molecule has 7 nitrogen and oxygen atoms in total. The van der Waals surface area contributed by atoms with Gasteiger partial charge in [-0.2, -0.15) is 9.40 Å². The van der Waals surface area contributed by atoms with Gasteiger partial charge in [0.05, 0.1) is 19.3 Å². The first-order valence-corrected chi connectivity index (χ1v) is 9.77. The summed E-state index contributed by atoms with van der Waals surface area (Å²) in [6.45, 7) is 2.33. The van der Waals surface area contributed by atoms with Gasteiger partial charge in [-0.05, 0) is 18.0 Å². The topological polar surface area (TPSA) is 90.5 Å². The first-order chi connectivity index (χ1) is 12.1. The maximum absolute atomic E-state index is 13.0. The van der Waals surface area contributed by atoms with Crippen LogP contribution in [0.25, 0.3) is 0 Å². The largest absolute Gasteiger partial charge is 0.383 e. The van der Waals surface area contributed by atoms with Crippen molar-refractivity contribution in [3.63, 3.8) is 0 Å². The number of hydrogen-bond acceptors (Lipinski definition) is 5. The third-order valence-corrected chi connectivity index (χ3v) is 6.49. The average molecular weight is 401 g/mol. The van der Waals surface area contributed by atoms with Gasteiger partial charge in [-0.25, -0.2) is 8.42 Å². The van der Waals surface area contributed by atoms with Crippen LogP contribution in [0.2, 0.25) is 0 Å². The third-order valence-electron chi connectivity index (χ3n) is 4.71. The van der Waals surface area contributed by atoms with Crippen LogP contribution in [0.4, 0.5) is 0 Å². The molecule has 1 fully saturated rings. The van der Waals surface area contributed by atoms with E-state index in [-0.39, 0.29) is 29.1 Å². The Morgan fingerprint density at radius 1 is 1.27 bits per heavy atom.